The number of hydrogen-bond acceptors (Lipinski definition) is 4. The number of benzene rings is 1. The summed E-state index contributed by atoms with van der Waals surface area (Å²) >= 11 is 0. The van der Waals surface area contributed by atoms with E-state index in [2.05, 4.69) is 16.8 Å². The molecule has 26 heavy (non-hydrogen) atoms. The summed E-state index contributed by atoms with van der Waals surface area (Å²) in [6, 6.07) is 7.23. The maximum absolute atomic E-state index is 12.0. The minimum atomic E-state index is -0.931. The maximum Gasteiger partial charge on any atom is 0.305 e. The smallest absolute Gasteiger partial charge is 0.305 e. The summed E-state index contributed by atoms with van der Waals surface area (Å²) in [5, 5.41) is 14.6. The van der Waals surface area contributed by atoms with Gasteiger partial charge < -0.3 is 20.3 Å². The van der Waals surface area contributed by atoms with Gasteiger partial charge in [-0.05, 0) is 38.1 Å². The molecule has 3 rings (SSSR count). The van der Waals surface area contributed by atoms with Crippen molar-refractivity contribution in [3.8, 4) is 11.4 Å². The highest BCUT2D eigenvalue weighted by atomic mass is 16.4. The lowest BCUT2D eigenvalue weighted by atomic mass is 9.95. The molecular weight excluding hydrogens is 332 g/mol. The summed E-state index contributed by atoms with van der Waals surface area (Å²) in [6.07, 6.45) is 4.21. The number of carboxylic acid groups (broad SMARTS) is 1. The number of carbonyl (C=O) groups excluding carboxylic acids is 1. The van der Waals surface area contributed by atoms with Gasteiger partial charge in [0.1, 0.15) is 5.82 Å². The van der Waals surface area contributed by atoms with E-state index in [1.165, 1.54) is 0 Å². The number of amides is 1. The number of hydrogen-bond donors (Lipinski definition) is 3. The van der Waals surface area contributed by atoms with Crippen LogP contribution in [0.4, 0.5) is 0 Å². The lowest BCUT2D eigenvalue weighted by Gasteiger charge is -2.20. The first-order valence-electron chi connectivity index (χ1n) is 8.89. The minimum Gasteiger partial charge on any atom is -0.481 e. The third-order valence-electron chi connectivity index (χ3n) is 4.68. The number of carbonyl (C=O) groups is 2. The fourth-order valence-electron chi connectivity index (χ4n) is 3.23. The molecule has 0 atom stereocenters. The Morgan fingerprint density at radius 1 is 1.27 bits per heavy atom. The van der Waals surface area contributed by atoms with E-state index >= 15 is 0 Å². The Balaban J connectivity index is 1.69. The maximum atomic E-state index is 12.0. The number of nitrogens with zero attached hydrogens (tertiary/aromatic N) is 2. The van der Waals surface area contributed by atoms with Crippen LogP contribution < -0.4 is 10.6 Å². The van der Waals surface area contributed by atoms with Crippen LogP contribution in [-0.2, 0) is 11.8 Å². The Morgan fingerprint density at radius 3 is 2.62 bits per heavy atom. The van der Waals surface area contributed by atoms with Crippen LogP contribution >= 0.6 is 0 Å². The van der Waals surface area contributed by atoms with Crippen LogP contribution in [0.5, 0.6) is 0 Å². The third-order valence-corrected chi connectivity index (χ3v) is 4.68. The van der Waals surface area contributed by atoms with Gasteiger partial charge >= 0.3 is 5.97 Å². The molecule has 138 valence electrons. The molecule has 1 amide bonds. The second-order valence-corrected chi connectivity index (χ2v) is 6.60. The molecule has 0 unspecified atom stereocenters. The highest BCUT2D eigenvalue weighted by molar-refractivity contribution is 5.94. The Hall–Kier alpha value is -2.67. The lowest BCUT2D eigenvalue weighted by Crippen LogP contribution is -2.26. The molecular formula is C19H24N4O3. The Kier molecular flexibility index (Phi) is 5.68. The Morgan fingerprint density at radius 2 is 1.96 bits per heavy atom. The summed E-state index contributed by atoms with van der Waals surface area (Å²) in [5.41, 5.74) is 2.58. The first kappa shape index (κ1) is 18.1. The molecule has 0 saturated carbocycles. The minimum absolute atomic E-state index is 0.0867. The second-order valence-electron chi connectivity index (χ2n) is 6.60. The van der Waals surface area contributed by atoms with E-state index in [1.54, 1.807) is 12.1 Å². The zero-order valence-corrected chi connectivity index (χ0v) is 14.9. The highest BCUT2D eigenvalue weighted by Gasteiger charge is 2.19. The van der Waals surface area contributed by atoms with E-state index in [-0.39, 0.29) is 18.9 Å². The van der Waals surface area contributed by atoms with E-state index in [0.717, 1.165) is 43.0 Å². The number of aryl methyl sites for hydroxylation is 1. The van der Waals surface area contributed by atoms with E-state index in [1.807, 2.05) is 23.7 Å². The fraction of sp³-hybridized carbons (Fsp3) is 0.421. The molecule has 1 aliphatic heterocycles. The van der Waals surface area contributed by atoms with E-state index in [4.69, 9.17) is 10.1 Å². The summed E-state index contributed by atoms with van der Waals surface area (Å²) in [6.45, 7) is 2.18. The summed E-state index contributed by atoms with van der Waals surface area (Å²) in [7, 11) is 1.99. The second kappa shape index (κ2) is 8.14. The molecule has 7 heteroatoms. The molecule has 2 aromatic rings. The topological polar surface area (TPSA) is 96.3 Å². The summed E-state index contributed by atoms with van der Waals surface area (Å²) in [4.78, 5) is 27.3. The van der Waals surface area contributed by atoms with Gasteiger partial charge in [0.15, 0.2) is 0 Å². The van der Waals surface area contributed by atoms with Gasteiger partial charge in [-0.3, -0.25) is 9.59 Å². The van der Waals surface area contributed by atoms with Crippen molar-refractivity contribution in [1.29, 1.82) is 0 Å². The van der Waals surface area contributed by atoms with Crippen LogP contribution in [0.2, 0.25) is 0 Å². The van der Waals surface area contributed by atoms with Crippen LogP contribution in [0.3, 0.4) is 0 Å². The number of carboxylic acids is 1. The van der Waals surface area contributed by atoms with Crippen molar-refractivity contribution in [2.75, 3.05) is 19.6 Å². The number of aromatic nitrogens is 2. The molecule has 1 saturated heterocycles. The predicted molar refractivity (Wildman–Crippen MR) is 98.1 cm³/mol. The highest BCUT2D eigenvalue weighted by Crippen LogP contribution is 2.27. The normalized spacial score (nSPS) is 15.0. The van der Waals surface area contributed by atoms with Crippen molar-refractivity contribution in [2.45, 2.75) is 25.2 Å². The quantitative estimate of drug-likeness (QED) is 0.733. The van der Waals surface area contributed by atoms with E-state index < -0.39 is 5.97 Å². The first-order valence-corrected chi connectivity index (χ1v) is 8.89. The SMILES string of the molecule is Cn1cc(C2CCNCC2)nc1-c1ccc(C(=O)NCCC(=O)O)cc1. The lowest BCUT2D eigenvalue weighted by molar-refractivity contribution is -0.136. The van der Waals surface area contributed by atoms with Crippen molar-refractivity contribution in [2.24, 2.45) is 7.05 Å². The van der Waals surface area contributed by atoms with Gasteiger partial charge in [0, 0.05) is 36.8 Å². The Bertz CT molecular complexity index is 777. The van der Waals surface area contributed by atoms with Crippen LogP contribution in [0.1, 0.15) is 41.2 Å². The van der Waals surface area contributed by atoms with Crippen molar-refractivity contribution < 1.29 is 14.7 Å². The largest absolute Gasteiger partial charge is 0.481 e. The van der Waals surface area contributed by atoms with Crippen LogP contribution in [0, 0.1) is 0 Å². The molecule has 0 spiro atoms. The average Bonchev–Trinajstić information content (AvgIpc) is 3.04. The fourth-order valence-corrected chi connectivity index (χ4v) is 3.23. The number of rotatable bonds is 6. The van der Waals surface area contributed by atoms with Crippen molar-refractivity contribution >= 4 is 11.9 Å². The van der Waals surface area contributed by atoms with Gasteiger partial charge in [0.2, 0.25) is 0 Å². The van der Waals surface area contributed by atoms with Crippen LogP contribution in [0.25, 0.3) is 11.4 Å². The molecule has 3 N–H and O–H groups in total. The molecule has 0 aliphatic carbocycles. The number of nitrogens with one attached hydrogen (secondary N) is 2. The Labute approximate surface area is 152 Å². The molecule has 1 aromatic carbocycles. The van der Waals surface area contributed by atoms with E-state index in [0.29, 0.717) is 11.5 Å². The average molecular weight is 356 g/mol. The zero-order chi connectivity index (χ0) is 18.5. The molecule has 0 radical (unpaired) electrons. The summed E-state index contributed by atoms with van der Waals surface area (Å²) < 4.78 is 2.03. The zero-order valence-electron chi connectivity index (χ0n) is 14.9. The monoisotopic (exact) mass is 356 g/mol. The van der Waals surface area contributed by atoms with Gasteiger partial charge in [0.05, 0.1) is 12.1 Å². The predicted octanol–water partition coefficient (Wildman–Crippen LogP) is 1.76. The summed E-state index contributed by atoms with van der Waals surface area (Å²) in [5.74, 6) is 0.180. The van der Waals surface area contributed by atoms with Crippen LogP contribution in [0.15, 0.2) is 30.5 Å². The van der Waals surface area contributed by atoms with Crippen molar-refractivity contribution in [3.63, 3.8) is 0 Å². The number of piperidine rings is 1. The van der Waals surface area contributed by atoms with Gasteiger partial charge in [-0.1, -0.05) is 12.1 Å². The van der Waals surface area contributed by atoms with Gasteiger partial charge in [-0.25, -0.2) is 4.98 Å². The molecule has 7 nitrogen and oxygen atoms in total. The van der Waals surface area contributed by atoms with Crippen molar-refractivity contribution in [1.82, 2.24) is 20.2 Å². The third kappa shape index (κ3) is 4.29. The molecule has 1 fully saturated rings. The molecule has 1 aliphatic rings. The van der Waals surface area contributed by atoms with Crippen LogP contribution in [-0.4, -0.2) is 46.2 Å². The van der Waals surface area contributed by atoms with Gasteiger partial charge in [0.25, 0.3) is 5.91 Å². The molecule has 2 heterocycles. The first-order chi connectivity index (χ1) is 12.5. The van der Waals surface area contributed by atoms with Gasteiger partial charge in [-0.15, -0.1) is 0 Å². The number of aliphatic carboxylic acids is 1. The van der Waals surface area contributed by atoms with Gasteiger partial charge in [-0.2, -0.15) is 0 Å². The number of imidazole rings is 1. The molecule has 1 aromatic heterocycles. The standard InChI is InChI=1S/C19H24N4O3/c1-23-12-16(13-6-9-20-10-7-13)22-18(23)14-2-4-15(5-3-14)19(26)21-11-8-17(24)25/h2-5,12-13,20H,6-11H2,1H3,(H,21,26)(H,24,25). The molecule has 0 bridgehead atoms. The van der Waals surface area contributed by atoms with E-state index in [9.17, 15) is 9.59 Å². The van der Waals surface area contributed by atoms with Crippen molar-refractivity contribution in [3.05, 3.63) is 41.7 Å².